The maximum absolute atomic E-state index is 11.9. The first kappa shape index (κ1) is 15.8. The van der Waals surface area contributed by atoms with Gasteiger partial charge in [0.05, 0.1) is 0 Å². The van der Waals surface area contributed by atoms with Crippen molar-refractivity contribution in [3.63, 3.8) is 0 Å². The van der Waals surface area contributed by atoms with Crippen LogP contribution in [-0.2, 0) is 4.79 Å². The summed E-state index contributed by atoms with van der Waals surface area (Å²) in [5.41, 5.74) is 2.26. The van der Waals surface area contributed by atoms with E-state index in [0.717, 1.165) is 30.9 Å². The lowest BCUT2D eigenvalue weighted by Crippen LogP contribution is -2.41. The zero-order valence-corrected chi connectivity index (χ0v) is 13.3. The number of hydrogen-bond donors (Lipinski definition) is 1. The molecular formula is C17H26N2O2. The van der Waals surface area contributed by atoms with E-state index in [9.17, 15) is 4.79 Å². The summed E-state index contributed by atoms with van der Waals surface area (Å²) in [5, 5.41) is 2.98. The van der Waals surface area contributed by atoms with Gasteiger partial charge in [-0.1, -0.05) is 24.6 Å². The smallest absolute Gasteiger partial charge is 0.257 e. The zero-order chi connectivity index (χ0) is 15.2. The Morgan fingerprint density at radius 2 is 2.24 bits per heavy atom. The third-order valence-electron chi connectivity index (χ3n) is 4.13. The first-order valence-electron chi connectivity index (χ1n) is 7.81. The summed E-state index contributed by atoms with van der Waals surface area (Å²) in [6.07, 6.45) is 2.40. The molecule has 1 fully saturated rings. The molecule has 4 nitrogen and oxygen atoms in total. The van der Waals surface area contributed by atoms with Gasteiger partial charge < -0.3 is 10.1 Å². The van der Waals surface area contributed by atoms with Gasteiger partial charge in [-0.2, -0.15) is 0 Å². The summed E-state index contributed by atoms with van der Waals surface area (Å²) in [7, 11) is 0. The van der Waals surface area contributed by atoms with Crippen LogP contribution in [0.2, 0.25) is 0 Å². The monoisotopic (exact) mass is 290 g/mol. The van der Waals surface area contributed by atoms with Crippen LogP contribution < -0.4 is 10.1 Å². The second-order valence-corrected chi connectivity index (χ2v) is 5.79. The van der Waals surface area contributed by atoms with Crippen LogP contribution in [0.5, 0.6) is 5.75 Å². The van der Waals surface area contributed by atoms with Crippen molar-refractivity contribution in [3.8, 4) is 5.75 Å². The van der Waals surface area contributed by atoms with E-state index < -0.39 is 0 Å². The van der Waals surface area contributed by atoms with Crippen LogP contribution in [0.4, 0.5) is 0 Å². The minimum absolute atomic E-state index is 0.0436. The molecular weight excluding hydrogens is 264 g/mol. The number of nitrogens with zero attached hydrogens (tertiary/aromatic N) is 1. The van der Waals surface area contributed by atoms with Crippen molar-refractivity contribution in [3.05, 3.63) is 29.3 Å². The molecule has 0 unspecified atom stereocenters. The Labute approximate surface area is 127 Å². The highest BCUT2D eigenvalue weighted by Gasteiger charge is 2.23. The van der Waals surface area contributed by atoms with Crippen LogP contribution in [0.3, 0.4) is 0 Å². The summed E-state index contributed by atoms with van der Waals surface area (Å²) in [6.45, 7) is 9.23. The van der Waals surface area contributed by atoms with Crippen LogP contribution in [0, 0.1) is 13.8 Å². The Morgan fingerprint density at radius 3 is 2.95 bits per heavy atom. The molecule has 4 heteroatoms. The third kappa shape index (κ3) is 4.46. The van der Waals surface area contributed by atoms with Gasteiger partial charge in [-0.15, -0.1) is 0 Å². The van der Waals surface area contributed by atoms with Crippen molar-refractivity contribution in [1.82, 2.24) is 10.2 Å². The molecule has 0 aromatic heterocycles. The van der Waals surface area contributed by atoms with E-state index in [2.05, 4.69) is 23.2 Å². The molecule has 2 rings (SSSR count). The van der Waals surface area contributed by atoms with E-state index in [-0.39, 0.29) is 12.5 Å². The van der Waals surface area contributed by atoms with Gasteiger partial charge in [-0.25, -0.2) is 0 Å². The van der Waals surface area contributed by atoms with Gasteiger partial charge in [0.1, 0.15) is 5.75 Å². The number of likely N-dealkylation sites (tertiary alicyclic amines) is 1. The number of hydrogen-bond acceptors (Lipinski definition) is 3. The highest BCUT2D eigenvalue weighted by molar-refractivity contribution is 5.77. The molecule has 1 amide bonds. The predicted octanol–water partition coefficient (Wildman–Crippen LogP) is 2.28. The minimum Gasteiger partial charge on any atom is -0.484 e. The minimum atomic E-state index is -0.0436. The number of carbonyl (C=O) groups excluding carboxylic acids is 1. The van der Waals surface area contributed by atoms with Crippen molar-refractivity contribution >= 4 is 5.91 Å². The molecule has 1 aromatic carbocycles. The molecule has 21 heavy (non-hydrogen) atoms. The van der Waals surface area contributed by atoms with E-state index >= 15 is 0 Å². The Kier molecular flexibility index (Phi) is 5.62. The Bertz CT molecular complexity index is 488. The highest BCUT2D eigenvalue weighted by Crippen LogP contribution is 2.18. The van der Waals surface area contributed by atoms with Crippen molar-refractivity contribution < 1.29 is 9.53 Å². The highest BCUT2D eigenvalue weighted by atomic mass is 16.5. The normalized spacial score (nSPS) is 18.7. The standard InChI is InChI=1S/C17H26N2O2/c1-4-19-9-5-6-15(19)11-18-17(20)12-21-16-8-7-13(2)10-14(16)3/h7-8,10,15H,4-6,9,11-12H2,1-3H3,(H,18,20)/t15-/m1/s1. The first-order chi connectivity index (χ1) is 10.1. The Balaban J connectivity index is 1.74. The van der Waals surface area contributed by atoms with Crippen molar-refractivity contribution in [2.24, 2.45) is 0 Å². The molecule has 0 aliphatic carbocycles. The molecule has 1 atom stereocenters. The molecule has 1 saturated heterocycles. The van der Waals surface area contributed by atoms with E-state index in [4.69, 9.17) is 4.74 Å². The van der Waals surface area contributed by atoms with Gasteiger partial charge in [0, 0.05) is 12.6 Å². The van der Waals surface area contributed by atoms with Gasteiger partial charge in [-0.3, -0.25) is 9.69 Å². The summed E-state index contributed by atoms with van der Waals surface area (Å²) >= 11 is 0. The first-order valence-corrected chi connectivity index (χ1v) is 7.81. The fourth-order valence-corrected chi connectivity index (χ4v) is 2.93. The second kappa shape index (κ2) is 7.46. The maximum atomic E-state index is 11.9. The van der Waals surface area contributed by atoms with Gasteiger partial charge in [-0.05, 0) is 51.4 Å². The number of benzene rings is 1. The fraction of sp³-hybridized carbons (Fsp3) is 0.588. The van der Waals surface area contributed by atoms with Gasteiger partial charge in [0.15, 0.2) is 6.61 Å². The van der Waals surface area contributed by atoms with Crippen LogP contribution in [0.1, 0.15) is 30.9 Å². The van der Waals surface area contributed by atoms with E-state index in [1.54, 1.807) is 0 Å². The molecule has 0 saturated carbocycles. The predicted molar refractivity (Wildman–Crippen MR) is 84.7 cm³/mol. The zero-order valence-electron chi connectivity index (χ0n) is 13.3. The van der Waals surface area contributed by atoms with Gasteiger partial charge >= 0.3 is 0 Å². The molecule has 1 N–H and O–H groups in total. The molecule has 1 heterocycles. The number of carbonyl (C=O) groups is 1. The van der Waals surface area contributed by atoms with Crippen LogP contribution in [0.25, 0.3) is 0 Å². The Morgan fingerprint density at radius 1 is 1.43 bits per heavy atom. The molecule has 1 aromatic rings. The summed E-state index contributed by atoms with van der Waals surface area (Å²) in [6, 6.07) is 6.47. The van der Waals surface area contributed by atoms with E-state index in [1.807, 2.05) is 26.0 Å². The molecule has 1 aliphatic rings. The second-order valence-electron chi connectivity index (χ2n) is 5.79. The van der Waals surface area contributed by atoms with E-state index in [0.29, 0.717) is 6.04 Å². The van der Waals surface area contributed by atoms with Crippen LogP contribution in [0.15, 0.2) is 18.2 Å². The largest absolute Gasteiger partial charge is 0.484 e. The summed E-state index contributed by atoms with van der Waals surface area (Å²) in [4.78, 5) is 14.3. The third-order valence-corrected chi connectivity index (χ3v) is 4.13. The number of nitrogens with one attached hydrogen (secondary N) is 1. The maximum Gasteiger partial charge on any atom is 0.257 e. The molecule has 0 spiro atoms. The molecule has 1 aliphatic heterocycles. The number of rotatable bonds is 6. The quantitative estimate of drug-likeness (QED) is 0.874. The summed E-state index contributed by atoms with van der Waals surface area (Å²) in [5.74, 6) is 0.740. The SMILES string of the molecule is CCN1CCC[C@@H]1CNC(=O)COc1ccc(C)cc1C. The van der Waals surface area contributed by atoms with Crippen molar-refractivity contribution in [1.29, 1.82) is 0 Å². The lowest BCUT2D eigenvalue weighted by molar-refractivity contribution is -0.123. The van der Waals surface area contributed by atoms with E-state index in [1.165, 1.54) is 18.4 Å². The molecule has 116 valence electrons. The molecule has 0 radical (unpaired) electrons. The number of likely N-dealkylation sites (N-methyl/N-ethyl adjacent to an activating group) is 1. The Hall–Kier alpha value is -1.55. The average molecular weight is 290 g/mol. The number of ether oxygens (including phenoxy) is 1. The van der Waals surface area contributed by atoms with Gasteiger partial charge in [0.25, 0.3) is 5.91 Å². The topological polar surface area (TPSA) is 41.6 Å². The van der Waals surface area contributed by atoms with Crippen molar-refractivity contribution in [2.75, 3.05) is 26.2 Å². The van der Waals surface area contributed by atoms with Crippen LogP contribution in [-0.4, -0.2) is 43.1 Å². The lowest BCUT2D eigenvalue weighted by Gasteiger charge is -2.22. The van der Waals surface area contributed by atoms with Crippen molar-refractivity contribution in [2.45, 2.75) is 39.7 Å². The fourth-order valence-electron chi connectivity index (χ4n) is 2.93. The van der Waals surface area contributed by atoms with Crippen LogP contribution >= 0.6 is 0 Å². The average Bonchev–Trinajstić information content (AvgIpc) is 2.91. The summed E-state index contributed by atoms with van der Waals surface area (Å²) < 4.78 is 5.60. The number of aryl methyl sites for hydroxylation is 2. The lowest BCUT2D eigenvalue weighted by atomic mass is 10.1. The number of amides is 1. The molecule has 0 bridgehead atoms. The van der Waals surface area contributed by atoms with Gasteiger partial charge in [0.2, 0.25) is 0 Å².